The molecule has 40 heavy (non-hydrogen) atoms. The molecule has 2 aromatic rings. The van der Waals surface area contributed by atoms with E-state index < -0.39 is 28.7 Å². The number of aliphatic hydroxyl groups is 1. The van der Waals surface area contributed by atoms with E-state index in [9.17, 15) is 19.5 Å². The van der Waals surface area contributed by atoms with Crippen molar-refractivity contribution >= 4 is 45.4 Å². The number of carbonyl (C=O) groups is 3. The van der Waals surface area contributed by atoms with Gasteiger partial charge in [0.25, 0.3) is 0 Å². The van der Waals surface area contributed by atoms with Gasteiger partial charge in [-0.25, -0.2) is 0 Å². The lowest BCUT2D eigenvalue weighted by atomic mass is 9.70. The third-order valence-electron chi connectivity index (χ3n) is 8.62. The number of halogens is 1. The van der Waals surface area contributed by atoms with Crippen LogP contribution >= 0.6 is 27.7 Å². The summed E-state index contributed by atoms with van der Waals surface area (Å²) < 4.78 is -0.745. The minimum Gasteiger partial charge on any atom is -0.394 e. The summed E-state index contributed by atoms with van der Waals surface area (Å²) in [6.07, 6.45) is 2.80. The fourth-order valence-electron chi connectivity index (χ4n) is 6.93. The summed E-state index contributed by atoms with van der Waals surface area (Å²) >= 11 is 5.44. The number of rotatable bonds is 11. The summed E-state index contributed by atoms with van der Waals surface area (Å²) in [6, 6.07) is 18.0. The largest absolute Gasteiger partial charge is 0.394 e. The molecule has 3 aliphatic heterocycles. The number of hydrogen-bond acceptors (Lipinski definition) is 5. The second kappa shape index (κ2) is 12.2. The number of nitrogens with zero attached hydrogens (tertiary/aromatic N) is 1. The molecule has 8 atom stereocenters. The zero-order valence-corrected chi connectivity index (χ0v) is 25.4. The number of alkyl halides is 1. The summed E-state index contributed by atoms with van der Waals surface area (Å²) in [5.74, 6) is -1.75. The van der Waals surface area contributed by atoms with Crippen molar-refractivity contribution < 1.29 is 19.5 Å². The highest BCUT2D eigenvalue weighted by atomic mass is 79.9. The molecular weight excluding hydrogens is 590 g/mol. The molecule has 3 heterocycles. The molecular formula is C31H38BrN3O4S. The Morgan fingerprint density at radius 2 is 1.75 bits per heavy atom. The Balaban J connectivity index is 1.49. The van der Waals surface area contributed by atoms with Gasteiger partial charge in [0, 0.05) is 22.7 Å². The topological polar surface area (TPSA) is 98.7 Å². The van der Waals surface area contributed by atoms with Crippen LogP contribution in [0.2, 0.25) is 0 Å². The third-order valence-corrected chi connectivity index (χ3v) is 11.8. The van der Waals surface area contributed by atoms with E-state index >= 15 is 0 Å². The maximum Gasteiger partial charge on any atom is 0.244 e. The standard InChI is InChI=1S/C31H38BrN3O4S/c1-3-10-19(2)34-29(38)27-31-16-23(32)26(40-31)24(28(37)33-17-21-13-8-5-9-14-21)25(31)30(39)35(27)22(18-36)15-20-11-6-4-7-12-20/h4-9,11-14,19,22-27,36H,3,10,15-18H2,1-2H3,(H,33,37)(H,34,38)/t19?,22-,23?,24-,25+,26-,27?,31?/m1/s1. The van der Waals surface area contributed by atoms with Gasteiger partial charge in [-0.2, -0.15) is 0 Å². The maximum atomic E-state index is 14.4. The van der Waals surface area contributed by atoms with Crippen LogP contribution in [0.15, 0.2) is 60.7 Å². The van der Waals surface area contributed by atoms with Crippen LogP contribution in [0, 0.1) is 11.8 Å². The first-order valence-electron chi connectivity index (χ1n) is 14.2. The fraction of sp³-hybridized carbons (Fsp3) is 0.516. The molecule has 5 rings (SSSR count). The van der Waals surface area contributed by atoms with Crippen molar-refractivity contribution in [1.82, 2.24) is 15.5 Å². The van der Waals surface area contributed by atoms with Crippen LogP contribution in [0.4, 0.5) is 0 Å². The Labute approximate surface area is 249 Å². The number of hydrogen-bond donors (Lipinski definition) is 3. The van der Waals surface area contributed by atoms with Gasteiger partial charge in [0.2, 0.25) is 17.7 Å². The number of thioether (sulfide) groups is 1. The molecule has 0 aliphatic carbocycles. The normalized spacial score (nSPS) is 30.1. The van der Waals surface area contributed by atoms with Crippen LogP contribution in [0.5, 0.6) is 0 Å². The molecule has 2 bridgehead atoms. The minimum absolute atomic E-state index is 0.000888. The van der Waals surface area contributed by atoms with E-state index in [1.807, 2.05) is 67.6 Å². The molecule has 1 spiro atoms. The molecule has 0 saturated carbocycles. The minimum atomic E-state index is -0.771. The van der Waals surface area contributed by atoms with E-state index in [2.05, 4.69) is 33.5 Å². The van der Waals surface area contributed by atoms with Crippen molar-refractivity contribution in [1.29, 1.82) is 0 Å². The molecule has 4 unspecified atom stereocenters. The molecule has 3 amide bonds. The van der Waals surface area contributed by atoms with Crippen molar-refractivity contribution in [2.24, 2.45) is 11.8 Å². The highest BCUT2D eigenvalue weighted by Crippen LogP contribution is 2.68. The summed E-state index contributed by atoms with van der Waals surface area (Å²) in [5, 5.41) is 16.7. The summed E-state index contributed by atoms with van der Waals surface area (Å²) in [7, 11) is 0. The van der Waals surface area contributed by atoms with Gasteiger partial charge >= 0.3 is 0 Å². The smallest absolute Gasteiger partial charge is 0.244 e. The second-order valence-corrected chi connectivity index (χ2v) is 14.1. The monoisotopic (exact) mass is 627 g/mol. The second-order valence-electron chi connectivity index (χ2n) is 11.3. The van der Waals surface area contributed by atoms with Crippen LogP contribution in [0.1, 0.15) is 44.2 Å². The molecule has 2 aromatic carbocycles. The van der Waals surface area contributed by atoms with E-state index in [4.69, 9.17) is 0 Å². The van der Waals surface area contributed by atoms with E-state index in [-0.39, 0.29) is 40.4 Å². The summed E-state index contributed by atoms with van der Waals surface area (Å²) in [4.78, 5) is 43.9. The first-order valence-corrected chi connectivity index (χ1v) is 16.0. The Morgan fingerprint density at radius 1 is 1.10 bits per heavy atom. The quantitative estimate of drug-likeness (QED) is 0.330. The van der Waals surface area contributed by atoms with Gasteiger partial charge < -0.3 is 20.6 Å². The molecule has 214 valence electrons. The Bertz CT molecular complexity index is 1220. The van der Waals surface area contributed by atoms with Crippen molar-refractivity contribution in [3.63, 3.8) is 0 Å². The molecule has 3 aliphatic rings. The molecule has 0 aromatic heterocycles. The fourth-order valence-corrected chi connectivity index (χ4v) is 10.5. The maximum absolute atomic E-state index is 14.4. The summed E-state index contributed by atoms with van der Waals surface area (Å²) in [6.45, 7) is 4.17. The first-order chi connectivity index (χ1) is 19.3. The van der Waals surface area contributed by atoms with Crippen LogP contribution in [0.25, 0.3) is 0 Å². The first kappa shape index (κ1) is 29.1. The number of benzene rings is 2. The lowest BCUT2D eigenvalue weighted by molar-refractivity contribution is -0.142. The van der Waals surface area contributed by atoms with Gasteiger partial charge in [-0.05, 0) is 37.3 Å². The van der Waals surface area contributed by atoms with Gasteiger partial charge in [-0.3, -0.25) is 14.4 Å². The highest BCUT2D eigenvalue weighted by Gasteiger charge is 2.76. The van der Waals surface area contributed by atoms with Crippen LogP contribution < -0.4 is 10.6 Å². The van der Waals surface area contributed by atoms with Crippen molar-refractivity contribution in [3.8, 4) is 0 Å². The average molecular weight is 629 g/mol. The van der Waals surface area contributed by atoms with E-state index in [0.29, 0.717) is 19.4 Å². The molecule has 3 fully saturated rings. The zero-order valence-electron chi connectivity index (χ0n) is 23.0. The highest BCUT2D eigenvalue weighted by molar-refractivity contribution is 9.09. The van der Waals surface area contributed by atoms with Crippen LogP contribution in [0.3, 0.4) is 0 Å². The van der Waals surface area contributed by atoms with Gasteiger partial charge in [0.1, 0.15) is 6.04 Å². The molecule has 7 nitrogen and oxygen atoms in total. The van der Waals surface area contributed by atoms with Crippen LogP contribution in [-0.4, -0.2) is 67.3 Å². The molecule has 9 heteroatoms. The lowest BCUT2D eigenvalue weighted by Gasteiger charge is -2.38. The van der Waals surface area contributed by atoms with E-state index in [1.54, 1.807) is 16.7 Å². The number of fused-ring (bicyclic) bond motifs is 1. The number of nitrogens with one attached hydrogen (secondary N) is 2. The predicted octanol–water partition coefficient (Wildman–Crippen LogP) is 3.68. The van der Waals surface area contributed by atoms with Gasteiger partial charge in [-0.1, -0.05) is 89.9 Å². The number of aliphatic hydroxyl groups excluding tert-OH is 1. The summed E-state index contributed by atoms with van der Waals surface area (Å²) in [5.41, 5.74) is 1.97. The SMILES string of the molecule is CCCC(C)NC(=O)C1N([C@@H](CO)Cc2ccccc2)C(=O)[C@@H]2[C@@H](C(=O)NCc3ccccc3)[C@@H]3SC12CC3Br. The van der Waals surface area contributed by atoms with Gasteiger partial charge in [0.15, 0.2) is 0 Å². The third kappa shape index (κ3) is 5.32. The number of likely N-dealkylation sites (tertiary alicyclic amines) is 1. The van der Waals surface area contributed by atoms with Crippen molar-refractivity contribution in [2.45, 2.75) is 79.0 Å². The molecule has 3 saturated heterocycles. The molecule has 3 N–H and O–H groups in total. The van der Waals surface area contributed by atoms with Crippen molar-refractivity contribution in [2.75, 3.05) is 6.61 Å². The van der Waals surface area contributed by atoms with Gasteiger partial charge in [0.05, 0.1) is 29.2 Å². The van der Waals surface area contributed by atoms with E-state index in [1.165, 1.54) is 0 Å². The average Bonchev–Trinajstić information content (AvgIpc) is 3.55. The zero-order chi connectivity index (χ0) is 28.4. The van der Waals surface area contributed by atoms with Gasteiger partial charge in [-0.15, -0.1) is 11.8 Å². The predicted molar refractivity (Wildman–Crippen MR) is 161 cm³/mol. The Morgan fingerprint density at radius 3 is 2.38 bits per heavy atom. The Kier molecular flexibility index (Phi) is 8.92. The Hall–Kier alpha value is -2.36. The number of carbonyl (C=O) groups excluding carboxylic acids is 3. The number of amides is 3. The van der Waals surface area contributed by atoms with Crippen molar-refractivity contribution in [3.05, 3.63) is 71.8 Å². The molecule has 0 radical (unpaired) electrons. The van der Waals surface area contributed by atoms with E-state index in [0.717, 1.165) is 24.0 Å². The van der Waals surface area contributed by atoms with Crippen LogP contribution in [-0.2, 0) is 27.3 Å². The lowest BCUT2D eigenvalue weighted by Crippen LogP contribution is -2.58.